The zero-order valence-electron chi connectivity index (χ0n) is 12.6. The van der Waals surface area contributed by atoms with Crippen molar-refractivity contribution in [2.75, 3.05) is 6.54 Å². The molecular weight excluding hydrogens is 328 g/mol. The molecule has 0 heterocycles. The lowest BCUT2D eigenvalue weighted by atomic mass is 9.95. The van der Waals surface area contributed by atoms with Crippen LogP contribution in [0.15, 0.2) is 28.7 Å². The third kappa shape index (κ3) is 4.82. The number of nitrogens with one attached hydrogen (secondary N) is 1. The molecule has 2 atom stereocenters. The van der Waals surface area contributed by atoms with E-state index in [0.717, 1.165) is 4.47 Å². The van der Waals surface area contributed by atoms with Gasteiger partial charge in [0, 0.05) is 23.5 Å². The molecule has 1 aliphatic carbocycles. The van der Waals surface area contributed by atoms with Crippen molar-refractivity contribution in [3.8, 4) is 0 Å². The normalized spacial score (nSPS) is 18.4. The lowest BCUT2D eigenvalue weighted by Gasteiger charge is -2.24. The minimum absolute atomic E-state index is 0.118. The number of nitrogens with two attached hydrogens (primary N) is 1. The van der Waals surface area contributed by atoms with Gasteiger partial charge in [-0.05, 0) is 42.4 Å². The third-order valence-corrected chi connectivity index (χ3v) is 5.03. The van der Waals surface area contributed by atoms with Gasteiger partial charge < -0.3 is 11.1 Å². The average Bonchev–Trinajstić information content (AvgIpc) is 2.99. The molecule has 1 saturated carbocycles. The Morgan fingerprint density at radius 1 is 1.33 bits per heavy atom. The molecule has 1 amide bonds. The van der Waals surface area contributed by atoms with Gasteiger partial charge in [0.2, 0.25) is 5.91 Å². The van der Waals surface area contributed by atoms with Crippen molar-refractivity contribution in [1.82, 2.24) is 5.32 Å². The molecule has 0 bridgehead atoms. The molecule has 116 valence electrons. The highest BCUT2D eigenvalue weighted by molar-refractivity contribution is 9.10. The minimum atomic E-state index is 0.118. The second kappa shape index (κ2) is 7.95. The molecule has 1 aromatic rings. The van der Waals surface area contributed by atoms with E-state index in [1.54, 1.807) is 0 Å². The first-order valence-corrected chi connectivity index (χ1v) is 8.64. The standard InChI is InChI=1S/C17H25BrN2O/c1-12(13-6-8-15(18)9-7-13)10-17(21)20-16(11-19)14-4-2-3-5-14/h6-9,12,14,16H,2-5,10-11,19H2,1H3,(H,20,21). The molecule has 1 aromatic carbocycles. The topological polar surface area (TPSA) is 55.1 Å². The van der Waals surface area contributed by atoms with E-state index in [4.69, 9.17) is 5.73 Å². The summed E-state index contributed by atoms with van der Waals surface area (Å²) in [5, 5.41) is 3.15. The first-order valence-electron chi connectivity index (χ1n) is 7.85. The average molecular weight is 353 g/mol. The Balaban J connectivity index is 1.86. The number of carbonyl (C=O) groups is 1. The van der Waals surface area contributed by atoms with Gasteiger partial charge >= 0.3 is 0 Å². The molecular formula is C17H25BrN2O. The predicted octanol–water partition coefficient (Wildman–Crippen LogP) is 3.58. The molecule has 1 aliphatic rings. The summed E-state index contributed by atoms with van der Waals surface area (Å²) in [6.45, 7) is 2.64. The van der Waals surface area contributed by atoms with Crippen LogP contribution in [0.4, 0.5) is 0 Å². The van der Waals surface area contributed by atoms with E-state index in [-0.39, 0.29) is 17.9 Å². The van der Waals surface area contributed by atoms with Gasteiger partial charge in [-0.25, -0.2) is 0 Å². The van der Waals surface area contributed by atoms with Crippen LogP contribution in [-0.4, -0.2) is 18.5 Å². The minimum Gasteiger partial charge on any atom is -0.352 e. The van der Waals surface area contributed by atoms with Crippen molar-refractivity contribution in [3.63, 3.8) is 0 Å². The summed E-state index contributed by atoms with van der Waals surface area (Å²) in [5.74, 6) is 0.912. The maximum absolute atomic E-state index is 12.2. The molecule has 2 unspecified atom stereocenters. The fourth-order valence-corrected chi connectivity index (χ4v) is 3.45. The predicted molar refractivity (Wildman–Crippen MR) is 90.1 cm³/mol. The summed E-state index contributed by atoms with van der Waals surface area (Å²) < 4.78 is 1.06. The Bertz CT molecular complexity index is 454. The smallest absolute Gasteiger partial charge is 0.220 e. The molecule has 4 heteroatoms. The largest absolute Gasteiger partial charge is 0.352 e. The summed E-state index contributed by atoms with van der Waals surface area (Å²) in [4.78, 5) is 12.2. The van der Waals surface area contributed by atoms with Crippen LogP contribution in [0.5, 0.6) is 0 Å². The summed E-state index contributed by atoms with van der Waals surface area (Å²) >= 11 is 3.43. The Kier molecular flexibility index (Phi) is 6.24. The highest BCUT2D eigenvalue weighted by Gasteiger charge is 2.25. The van der Waals surface area contributed by atoms with Crippen molar-refractivity contribution in [2.45, 2.75) is 51.0 Å². The van der Waals surface area contributed by atoms with Crippen LogP contribution in [-0.2, 0) is 4.79 Å². The van der Waals surface area contributed by atoms with E-state index in [0.29, 0.717) is 18.9 Å². The lowest BCUT2D eigenvalue weighted by molar-refractivity contribution is -0.122. The lowest BCUT2D eigenvalue weighted by Crippen LogP contribution is -2.44. The summed E-state index contributed by atoms with van der Waals surface area (Å²) in [6, 6.07) is 8.33. The second-order valence-electron chi connectivity index (χ2n) is 6.11. The highest BCUT2D eigenvalue weighted by Crippen LogP contribution is 2.28. The maximum atomic E-state index is 12.2. The molecule has 0 spiro atoms. The quantitative estimate of drug-likeness (QED) is 0.821. The Morgan fingerprint density at radius 3 is 2.52 bits per heavy atom. The van der Waals surface area contributed by atoms with E-state index >= 15 is 0 Å². The van der Waals surface area contributed by atoms with Crippen LogP contribution < -0.4 is 11.1 Å². The van der Waals surface area contributed by atoms with Gasteiger partial charge in [-0.2, -0.15) is 0 Å². The number of rotatable bonds is 6. The Morgan fingerprint density at radius 2 is 1.95 bits per heavy atom. The Labute approximate surface area is 135 Å². The molecule has 3 N–H and O–H groups in total. The molecule has 0 aliphatic heterocycles. The van der Waals surface area contributed by atoms with Crippen molar-refractivity contribution in [3.05, 3.63) is 34.3 Å². The van der Waals surface area contributed by atoms with Crippen molar-refractivity contribution >= 4 is 21.8 Å². The molecule has 1 fully saturated rings. The van der Waals surface area contributed by atoms with Gasteiger partial charge in [0.1, 0.15) is 0 Å². The Hall–Kier alpha value is -0.870. The fourth-order valence-electron chi connectivity index (χ4n) is 3.18. The molecule has 0 radical (unpaired) electrons. The van der Waals surface area contributed by atoms with E-state index in [2.05, 4.69) is 40.3 Å². The first kappa shape index (κ1) is 16.5. The maximum Gasteiger partial charge on any atom is 0.220 e. The van der Waals surface area contributed by atoms with Crippen molar-refractivity contribution in [2.24, 2.45) is 11.7 Å². The summed E-state index contributed by atoms with van der Waals surface area (Å²) in [5.41, 5.74) is 7.03. The van der Waals surface area contributed by atoms with Gasteiger partial charge in [0.25, 0.3) is 0 Å². The molecule has 21 heavy (non-hydrogen) atoms. The van der Waals surface area contributed by atoms with Gasteiger partial charge in [-0.3, -0.25) is 4.79 Å². The third-order valence-electron chi connectivity index (χ3n) is 4.50. The van der Waals surface area contributed by atoms with Crippen LogP contribution in [0.1, 0.15) is 50.5 Å². The molecule has 0 aromatic heterocycles. The fraction of sp³-hybridized carbons (Fsp3) is 0.588. The molecule has 0 saturated heterocycles. The van der Waals surface area contributed by atoms with Crippen LogP contribution in [0, 0.1) is 5.92 Å². The zero-order chi connectivity index (χ0) is 15.2. The van der Waals surface area contributed by atoms with Gasteiger partial charge in [-0.1, -0.05) is 47.8 Å². The van der Waals surface area contributed by atoms with Crippen LogP contribution in [0.2, 0.25) is 0 Å². The van der Waals surface area contributed by atoms with Crippen LogP contribution in [0.25, 0.3) is 0 Å². The number of benzene rings is 1. The van der Waals surface area contributed by atoms with E-state index < -0.39 is 0 Å². The zero-order valence-corrected chi connectivity index (χ0v) is 14.2. The monoisotopic (exact) mass is 352 g/mol. The second-order valence-corrected chi connectivity index (χ2v) is 7.03. The number of hydrogen-bond acceptors (Lipinski definition) is 2. The first-order chi connectivity index (χ1) is 10.1. The highest BCUT2D eigenvalue weighted by atomic mass is 79.9. The van der Waals surface area contributed by atoms with Crippen molar-refractivity contribution in [1.29, 1.82) is 0 Å². The van der Waals surface area contributed by atoms with E-state index in [1.165, 1.54) is 31.2 Å². The number of hydrogen-bond donors (Lipinski definition) is 2. The molecule has 2 rings (SSSR count). The van der Waals surface area contributed by atoms with Crippen molar-refractivity contribution < 1.29 is 4.79 Å². The van der Waals surface area contributed by atoms with E-state index in [1.807, 2.05) is 12.1 Å². The summed E-state index contributed by atoms with van der Waals surface area (Å²) in [7, 11) is 0. The summed E-state index contributed by atoms with van der Waals surface area (Å²) in [6.07, 6.45) is 5.46. The SMILES string of the molecule is CC(CC(=O)NC(CN)C1CCCC1)c1ccc(Br)cc1. The van der Waals surface area contributed by atoms with Gasteiger partial charge in [0.05, 0.1) is 0 Å². The van der Waals surface area contributed by atoms with Gasteiger partial charge in [-0.15, -0.1) is 0 Å². The number of halogens is 1. The number of carbonyl (C=O) groups excluding carboxylic acids is 1. The van der Waals surface area contributed by atoms with Crippen LogP contribution in [0.3, 0.4) is 0 Å². The molecule has 3 nitrogen and oxygen atoms in total. The van der Waals surface area contributed by atoms with Gasteiger partial charge in [0.15, 0.2) is 0 Å². The number of amides is 1. The van der Waals surface area contributed by atoms with Crippen LogP contribution >= 0.6 is 15.9 Å². The van der Waals surface area contributed by atoms with E-state index in [9.17, 15) is 4.79 Å².